The van der Waals surface area contributed by atoms with Crippen LogP contribution in [0.4, 0.5) is 11.4 Å². The summed E-state index contributed by atoms with van der Waals surface area (Å²) < 4.78 is 29.1. The van der Waals surface area contributed by atoms with E-state index in [9.17, 15) is 13.2 Å². The predicted octanol–water partition coefficient (Wildman–Crippen LogP) is 3.03. The van der Waals surface area contributed by atoms with Crippen LogP contribution in [0.25, 0.3) is 0 Å². The standard InChI is InChI=1S/C22H25N3O4S2/c1-14-7-8-17(9-15(14)2)25(22-24-19-12-31(27,28)13-20(19)30-22)11-21(26)23-16-5-4-6-18(10-16)29-3/h4-10,19-20H,11-13H2,1-3H3,(H,23,26)/t19-,20+/m0/s1. The van der Waals surface area contributed by atoms with Crippen LogP contribution in [0, 0.1) is 13.8 Å². The van der Waals surface area contributed by atoms with Crippen LogP contribution in [0.15, 0.2) is 47.5 Å². The molecule has 1 fully saturated rings. The number of ether oxygens (including phenoxy) is 1. The second-order valence-corrected chi connectivity index (χ2v) is 11.2. The van der Waals surface area contributed by atoms with Gasteiger partial charge >= 0.3 is 0 Å². The van der Waals surface area contributed by atoms with Gasteiger partial charge < -0.3 is 15.0 Å². The average Bonchev–Trinajstić information content (AvgIpc) is 3.22. The van der Waals surface area contributed by atoms with Crippen LogP contribution in [0.1, 0.15) is 11.1 Å². The number of amidine groups is 1. The van der Waals surface area contributed by atoms with Gasteiger partial charge in [0, 0.05) is 22.7 Å². The van der Waals surface area contributed by atoms with Crippen molar-refractivity contribution in [2.75, 3.05) is 35.4 Å². The van der Waals surface area contributed by atoms with Gasteiger partial charge in [0.25, 0.3) is 0 Å². The number of amides is 1. The van der Waals surface area contributed by atoms with Gasteiger partial charge in [-0.1, -0.05) is 23.9 Å². The molecule has 7 nitrogen and oxygen atoms in total. The molecule has 2 atom stereocenters. The number of methoxy groups -OCH3 is 1. The Balaban J connectivity index is 1.58. The molecular weight excluding hydrogens is 434 g/mol. The van der Waals surface area contributed by atoms with E-state index in [4.69, 9.17) is 4.74 Å². The molecule has 2 aromatic carbocycles. The number of hydrogen-bond donors (Lipinski definition) is 1. The highest BCUT2D eigenvalue weighted by Crippen LogP contribution is 2.37. The Morgan fingerprint density at radius 3 is 2.71 bits per heavy atom. The summed E-state index contributed by atoms with van der Waals surface area (Å²) in [6.07, 6.45) is 0. The Bertz CT molecular complexity index is 1150. The highest BCUT2D eigenvalue weighted by Gasteiger charge is 2.44. The molecule has 0 saturated carbocycles. The highest BCUT2D eigenvalue weighted by molar-refractivity contribution is 8.15. The van der Waals surface area contributed by atoms with Crippen LogP contribution in [0.3, 0.4) is 0 Å². The van der Waals surface area contributed by atoms with Crippen molar-refractivity contribution in [3.05, 3.63) is 53.6 Å². The minimum absolute atomic E-state index is 0.0672. The third-order valence-electron chi connectivity index (χ3n) is 5.49. The highest BCUT2D eigenvalue weighted by atomic mass is 32.2. The molecule has 0 aromatic heterocycles. The van der Waals surface area contributed by atoms with E-state index in [1.165, 1.54) is 11.8 Å². The van der Waals surface area contributed by atoms with Crippen molar-refractivity contribution in [3.63, 3.8) is 0 Å². The quantitative estimate of drug-likeness (QED) is 0.740. The number of thioether (sulfide) groups is 1. The van der Waals surface area contributed by atoms with E-state index in [1.807, 2.05) is 49.1 Å². The van der Waals surface area contributed by atoms with Crippen molar-refractivity contribution >= 4 is 44.0 Å². The molecule has 0 spiro atoms. The van der Waals surface area contributed by atoms with Crippen molar-refractivity contribution in [3.8, 4) is 5.75 Å². The monoisotopic (exact) mass is 459 g/mol. The molecule has 9 heteroatoms. The molecule has 1 N–H and O–H groups in total. The fourth-order valence-electron chi connectivity index (χ4n) is 3.68. The molecular formula is C22H25N3O4S2. The molecule has 0 bridgehead atoms. The van der Waals surface area contributed by atoms with E-state index < -0.39 is 9.84 Å². The van der Waals surface area contributed by atoms with Gasteiger partial charge in [0.1, 0.15) is 12.3 Å². The fourth-order valence-corrected chi connectivity index (χ4v) is 7.46. The maximum absolute atomic E-state index is 12.9. The van der Waals surface area contributed by atoms with E-state index in [-0.39, 0.29) is 35.2 Å². The van der Waals surface area contributed by atoms with Gasteiger partial charge in [-0.15, -0.1) is 0 Å². The van der Waals surface area contributed by atoms with Gasteiger partial charge in [-0.2, -0.15) is 0 Å². The lowest BCUT2D eigenvalue weighted by atomic mass is 10.1. The molecule has 2 aromatic rings. The van der Waals surface area contributed by atoms with Gasteiger partial charge in [-0.05, 0) is 49.2 Å². The maximum Gasteiger partial charge on any atom is 0.244 e. The van der Waals surface area contributed by atoms with E-state index in [0.29, 0.717) is 16.6 Å². The van der Waals surface area contributed by atoms with Crippen molar-refractivity contribution < 1.29 is 17.9 Å². The van der Waals surface area contributed by atoms with E-state index in [0.717, 1.165) is 16.8 Å². The van der Waals surface area contributed by atoms with Gasteiger partial charge in [-0.25, -0.2) is 8.42 Å². The Morgan fingerprint density at radius 2 is 2.00 bits per heavy atom. The SMILES string of the molecule is COc1cccc(NC(=O)CN(C2=N[C@H]3CS(=O)(=O)C[C@H]3S2)c2ccc(C)c(C)c2)c1. The number of anilines is 2. The largest absolute Gasteiger partial charge is 0.497 e. The number of aryl methyl sites for hydroxylation is 2. The first-order valence-electron chi connectivity index (χ1n) is 9.98. The first kappa shape index (κ1) is 21.7. The van der Waals surface area contributed by atoms with Crippen LogP contribution in [0.2, 0.25) is 0 Å². The Kier molecular flexibility index (Phi) is 5.98. The molecule has 0 unspecified atom stereocenters. The number of nitrogens with zero attached hydrogens (tertiary/aromatic N) is 2. The first-order chi connectivity index (χ1) is 14.7. The third-order valence-corrected chi connectivity index (χ3v) is 8.74. The lowest BCUT2D eigenvalue weighted by molar-refractivity contribution is -0.114. The average molecular weight is 460 g/mol. The van der Waals surface area contributed by atoms with E-state index in [2.05, 4.69) is 10.3 Å². The minimum atomic E-state index is -3.04. The zero-order chi connectivity index (χ0) is 22.2. The molecule has 0 aliphatic carbocycles. The molecule has 164 valence electrons. The summed E-state index contributed by atoms with van der Waals surface area (Å²) in [7, 11) is -1.46. The summed E-state index contributed by atoms with van der Waals surface area (Å²) in [5.41, 5.74) is 3.78. The van der Waals surface area contributed by atoms with Crippen molar-refractivity contribution in [1.82, 2.24) is 0 Å². The predicted molar refractivity (Wildman–Crippen MR) is 126 cm³/mol. The summed E-state index contributed by atoms with van der Waals surface area (Å²) >= 11 is 1.45. The van der Waals surface area contributed by atoms with Crippen molar-refractivity contribution in [2.24, 2.45) is 4.99 Å². The van der Waals surface area contributed by atoms with Crippen LogP contribution >= 0.6 is 11.8 Å². The van der Waals surface area contributed by atoms with Crippen molar-refractivity contribution in [1.29, 1.82) is 0 Å². The van der Waals surface area contributed by atoms with Crippen LogP contribution in [-0.2, 0) is 14.6 Å². The molecule has 0 radical (unpaired) electrons. The molecule has 4 rings (SSSR count). The van der Waals surface area contributed by atoms with Gasteiger partial charge in [0.2, 0.25) is 5.91 Å². The molecule has 1 saturated heterocycles. The Morgan fingerprint density at radius 1 is 1.19 bits per heavy atom. The summed E-state index contributed by atoms with van der Waals surface area (Å²) in [6.45, 7) is 4.13. The number of carbonyl (C=O) groups excluding carboxylic acids is 1. The number of rotatable bonds is 5. The number of nitrogens with one attached hydrogen (secondary N) is 1. The first-order valence-corrected chi connectivity index (χ1v) is 12.7. The lowest BCUT2D eigenvalue weighted by Gasteiger charge is -2.25. The Hall–Kier alpha value is -2.52. The molecule has 1 amide bonds. The van der Waals surface area contributed by atoms with E-state index in [1.54, 1.807) is 19.2 Å². The summed E-state index contributed by atoms with van der Waals surface area (Å²) in [4.78, 5) is 19.5. The normalized spacial score (nSPS) is 21.3. The number of aliphatic imine (C=N–C) groups is 1. The zero-order valence-corrected chi connectivity index (χ0v) is 19.3. The Labute approximate surface area is 186 Å². The summed E-state index contributed by atoms with van der Waals surface area (Å²) in [6, 6.07) is 13.0. The molecule has 2 aliphatic heterocycles. The summed E-state index contributed by atoms with van der Waals surface area (Å²) in [5, 5.41) is 3.51. The van der Waals surface area contributed by atoms with Crippen LogP contribution in [-0.4, -0.2) is 55.9 Å². The lowest BCUT2D eigenvalue weighted by Crippen LogP contribution is -2.36. The molecule has 31 heavy (non-hydrogen) atoms. The number of hydrogen-bond acceptors (Lipinski definition) is 7. The summed E-state index contributed by atoms with van der Waals surface area (Å²) in [5.74, 6) is 0.671. The number of fused-ring (bicyclic) bond motifs is 1. The number of carbonyl (C=O) groups is 1. The second-order valence-electron chi connectivity index (χ2n) is 7.85. The van der Waals surface area contributed by atoms with Crippen molar-refractivity contribution in [2.45, 2.75) is 25.1 Å². The zero-order valence-electron chi connectivity index (χ0n) is 17.7. The van der Waals surface area contributed by atoms with Gasteiger partial charge in [-0.3, -0.25) is 9.79 Å². The topological polar surface area (TPSA) is 88.1 Å². The van der Waals surface area contributed by atoms with E-state index >= 15 is 0 Å². The third kappa shape index (κ3) is 4.88. The number of benzene rings is 2. The molecule has 2 aliphatic rings. The fraction of sp³-hybridized carbons (Fsp3) is 0.364. The minimum Gasteiger partial charge on any atom is -0.497 e. The number of sulfone groups is 1. The smallest absolute Gasteiger partial charge is 0.244 e. The molecule has 2 heterocycles. The second kappa shape index (κ2) is 8.55. The van der Waals surface area contributed by atoms with Gasteiger partial charge in [0.05, 0.1) is 24.7 Å². The van der Waals surface area contributed by atoms with Crippen LogP contribution in [0.5, 0.6) is 5.75 Å². The maximum atomic E-state index is 12.9. The van der Waals surface area contributed by atoms with Gasteiger partial charge in [0.15, 0.2) is 15.0 Å². The van der Waals surface area contributed by atoms with Crippen LogP contribution < -0.4 is 15.0 Å².